The number of nitrogens with two attached hydrogens (primary N) is 3. The Bertz CT molecular complexity index is 3380. The number of hydrogen-bond acceptors (Lipinski definition) is 21. The van der Waals surface area contributed by atoms with E-state index in [9.17, 15) is 91.4 Å². The van der Waals surface area contributed by atoms with Gasteiger partial charge in [-0.25, -0.2) is 9.36 Å². The van der Waals surface area contributed by atoms with Crippen molar-refractivity contribution in [1.82, 2.24) is 79.3 Å². The van der Waals surface area contributed by atoms with Gasteiger partial charge in [0, 0.05) is 30.4 Å². The Morgan fingerprint density at radius 1 is 0.580 bits per heavy atom. The number of nitrogens with zero attached hydrogens (tertiary/aromatic N) is 1. The molecule has 3 aliphatic rings. The zero-order valence-electron chi connectivity index (χ0n) is 65.4. The van der Waals surface area contributed by atoms with Gasteiger partial charge in [0.1, 0.15) is 60.4 Å². The molecule has 4 rings (SSSR count). The molecule has 15 atom stereocenters. The summed E-state index contributed by atoms with van der Waals surface area (Å²) in [6.45, 7) is 10.4. The van der Waals surface area contributed by atoms with Crippen molar-refractivity contribution < 1.29 is 95.9 Å². The molecule has 0 unspecified atom stereocenters. The van der Waals surface area contributed by atoms with Gasteiger partial charge in [0.2, 0.25) is 82.7 Å². The van der Waals surface area contributed by atoms with E-state index in [4.69, 9.17) is 21.7 Å². The van der Waals surface area contributed by atoms with Gasteiger partial charge in [0.15, 0.2) is 0 Å². The second-order valence-electron chi connectivity index (χ2n) is 29.5. The predicted molar refractivity (Wildman–Crippen MR) is 413 cm³/mol. The minimum Gasteiger partial charge on any atom is -0.394 e. The Hall–Kier alpha value is -8.59. The fourth-order valence-electron chi connectivity index (χ4n) is 12.9. The number of nitrogens with one attached hydrogen (secondary N) is 14. The van der Waals surface area contributed by atoms with Gasteiger partial charge in [-0.1, -0.05) is 105 Å². The Labute approximate surface area is 658 Å². The van der Waals surface area contributed by atoms with Gasteiger partial charge >= 0.3 is 13.9 Å². The van der Waals surface area contributed by atoms with E-state index in [1.807, 2.05) is 13.8 Å². The molecule has 0 aromatic heterocycles. The number of unbranched alkanes of at least 4 members (excludes halogenated alkanes) is 3. The first-order chi connectivity index (χ1) is 53.0. The number of benzene rings is 1. The number of likely N-dealkylation sites (tertiary alicyclic amines) is 1. The summed E-state index contributed by atoms with van der Waals surface area (Å²) in [5.41, 5.74) is 17.5. The molecule has 3 saturated heterocycles. The molecule has 23 N–H and O–H groups in total. The molecule has 16 amide bonds. The maximum absolute atomic E-state index is 14.8. The maximum Gasteiger partial charge on any atom is 0.469 e. The summed E-state index contributed by atoms with van der Waals surface area (Å²) in [6.07, 6.45) is 4.64. The highest BCUT2D eigenvalue weighted by Gasteiger charge is 2.44. The summed E-state index contributed by atoms with van der Waals surface area (Å²) >= 11 is 1.76. The molecule has 3 aliphatic heterocycles. The predicted octanol–water partition coefficient (Wildman–Crippen LogP) is -3.31. The summed E-state index contributed by atoms with van der Waals surface area (Å²) in [7, 11) is -5.40. The number of phosphoric ester groups is 1. The van der Waals surface area contributed by atoms with E-state index in [0.29, 0.717) is 44.2 Å². The van der Waals surface area contributed by atoms with Crippen molar-refractivity contribution in [1.29, 1.82) is 0 Å². The summed E-state index contributed by atoms with van der Waals surface area (Å²) in [5.74, 6) is -12.5. The van der Waals surface area contributed by atoms with Crippen molar-refractivity contribution >= 4 is 108 Å². The van der Waals surface area contributed by atoms with Crippen LogP contribution in [0.25, 0.3) is 0 Å². The van der Waals surface area contributed by atoms with E-state index < -0.39 is 190 Å². The fourth-order valence-corrected chi connectivity index (χ4v) is 14.7. The van der Waals surface area contributed by atoms with Crippen LogP contribution in [0.1, 0.15) is 164 Å². The molecule has 40 heteroatoms. The molecule has 0 aliphatic carbocycles. The smallest absolute Gasteiger partial charge is 0.394 e. The lowest BCUT2D eigenvalue weighted by atomic mass is 9.94. The first-order valence-corrected chi connectivity index (χ1v) is 41.2. The minimum atomic E-state index is -5.40. The second-order valence-corrected chi connectivity index (χ2v) is 32.0. The molecule has 0 bridgehead atoms. The highest BCUT2D eigenvalue weighted by molar-refractivity contribution is 8.00. The van der Waals surface area contributed by atoms with Gasteiger partial charge in [-0.15, -0.1) is 0 Å². The lowest BCUT2D eigenvalue weighted by Gasteiger charge is -2.32. The summed E-state index contributed by atoms with van der Waals surface area (Å²) in [5, 5.41) is 46.9. The summed E-state index contributed by atoms with van der Waals surface area (Å²) in [6, 6.07) is -6.09. The average Bonchev–Trinajstić information content (AvgIpc) is 1.55. The largest absolute Gasteiger partial charge is 0.469 e. The third-order valence-electron chi connectivity index (χ3n) is 19.5. The Morgan fingerprint density at radius 3 is 1.67 bits per heavy atom. The van der Waals surface area contributed by atoms with Crippen molar-refractivity contribution in [3.63, 3.8) is 0 Å². The molecule has 38 nitrogen and oxygen atoms in total. The van der Waals surface area contributed by atoms with Crippen LogP contribution in [0.3, 0.4) is 0 Å². The van der Waals surface area contributed by atoms with Crippen LogP contribution < -0.4 is 91.6 Å². The first-order valence-electron chi connectivity index (χ1n) is 38.6. The molecule has 0 spiro atoms. The maximum atomic E-state index is 14.8. The van der Waals surface area contributed by atoms with Gasteiger partial charge in [0.05, 0.1) is 44.9 Å². The van der Waals surface area contributed by atoms with Crippen LogP contribution in [0.2, 0.25) is 0 Å². The van der Waals surface area contributed by atoms with E-state index in [-0.39, 0.29) is 118 Å². The number of aliphatic hydroxyl groups excluding tert-OH is 1. The quantitative estimate of drug-likeness (QED) is 0.0172. The standard InChI is InChI=1S/C72H121N18O20PS/c1-9-42(7)59(88-70(104)60(43(8)10-2)87-66(100)48(32-41(5)6)83-67(101)50(37-91)80-57(94)35-77-56(93)34-76-55(92)27-15-14-26-54-61-52(39-112-54)86-72(106)89-61)69(103)84-49(33-44-21-12-11-13-22-44)65(99)85-51(38-110-111(107,108)109)71(105)90-30-20-25-53(90)68(102)81-45(23-16-18-28-73)63(97)78-36-58(95)79-46(24-17-19-29-74)64(98)82-47(62(75)96)31-40(3)4/h11-13,21-22,40-43,45-54,59-61,91H,9-10,14-20,23-39,73-74H2,1-8H3,(H2,75,96)(H,76,92)(H,77,93)(H,78,97)(H,79,95)(H,80,94)(H,81,102)(H,82,98)(H,83,101)(H,84,103)(H,85,99)(H,87,100)(H,88,104)(H2,86,89,106)(H2,107,108,109)/t42-,43-,45-,46-,47-,48-,49-,50-,51-,52-,53-,54-,59-,60-,61-/m0/s1. The third kappa shape index (κ3) is 33.6. The normalized spacial score (nSPS) is 18.8. The molecule has 0 saturated carbocycles. The number of amides is 16. The number of carbonyl (C=O) groups excluding carboxylic acids is 15. The molecule has 630 valence electrons. The minimum absolute atomic E-state index is 0.000484. The first kappa shape index (κ1) is 95.8. The number of aliphatic hydroxyl groups is 1. The second kappa shape index (κ2) is 49.1. The van der Waals surface area contributed by atoms with Gasteiger partial charge in [-0.2, -0.15) is 11.8 Å². The lowest BCUT2D eigenvalue weighted by molar-refractivity contribution is -0.143. The molecule has 1 aromatic carbocycles. The number of hydrogen-bond donors (Lipinski definition) is 20. The average molecular weight is 1620 g/mol. The zero-order chi connectivity index (χ0) is 83.4. The Kier molecular flexibility index (Phi) is 42.0. The van der Waals surface area contributed by atoms with E-state index in [0.717, 1.165) is 23.5 Å². The van der Waals surface area contributed by atoms with Gasteiger partial charge in [0.25, 0.3) is 0 Å². The fraction of sp³-hybridized carbons (Fsp3) is 0.708. The highest BCUT2D eigenvalue weighted by Crippen LogP contribution is 2.36. The van der Waals surface area contributed by atoms with Crippen LogP contribution in [0, 0.1) is 23.7 Å². The zero-order valence-corrected chi connectivity index (χ0v) is 67.1. The van der Waals surface area contributed by atoms with E-state index in [1.54, 1.807) is 83.6 Å². The van der Waals surface area contributed by atoms with E-state index in [1.165, 1.54) is 0 Å². The molecular weight excluding hydrogens is 1500 g/mol. The lowest BCUT2D eigenvalue weighted by Crippen LogP contribution is -2.62. The van der Waals surface area contributed by atoms with Crippen LogP contribution in [0.4, 0.5) is 4.79 Å². The molecule has 3 fully saturated rings. The van der Waals surface area contributed by atoms with Gasteiger partial charge in [-0.05, 0) is 119 Å². The number of carbonyl (C=O) groups is 15. The number of phosphoric acid groups is 1. The molecule has 112 heavy (non-hydrogen) atoms. The molecule has 3 heterocycles. The van der Waals surface area contributed by atoms with Gasteiger partial charge < -0.3 is 111 Å². The van der Waals surface area contributed by atoms with Crippen molar-refractivity contribution in [2.24, 2.45) is 40.9 Å². The number of rotatable bonds is 52. The number of primary amides is 1. The third-order valence-corrected chi connectivity index (χ3v) is 21.5. The van der Waals surface area contributed by atoms with Crippen molar-refractivity contribution in [3.05, 3.63) is 35.9 Å². The Balaban J connectivity index is 1.47. The monoisotopic (exact) mass is 1620 g/mol. The van der Waals surface area contributed by atoms with Crippen LogP contribution >= 0.6 is 19.6 Å². The SMILES string of the molecule is CC[C@H](C)[C@H](NC(=O)[C@H](CC(C)C)NC(=O)[C@H](CO)NC(=O)CNC(=O)CNC(=O)CCCC[C@@H]1SC[C@@H]2NC(=O)N[C@@H]21)C(=O)N[C@H](C(=O)N[C@@H](Cc1ccccc1)C(=O)N[C@@H](COP(=O)(O)O)C(=O)N1CCC[C@H]1C(=O)N[C@@H](CCCCN)C(=O)NCC(=O)N[C@@H](CCCCN)C(=O)N[C@@H](CC(C)C)C(N)=O)[C@@H](C)CC. The van der Waals surface area contributed by atoms with Crippen LogP contribution in [-0.4, -0.2) is 245 Å². The van der Waals surface area contributed by atoms with E-state index in [2.05, 4.69) is 74.4 Å². The van der Waals surface area contributed by atoms with Crippen molar-refractivity contribution in [2.75, 3.05) is 58.2 Å². The number of thioether (sulfide) groups is 1. The Morgan fingerprint density at radius 2 is 1.09 bits per heavy atom. The van der Waals surface area contributed by atoms with E-state index >= 15 is 0 Å². The molecular formula is C72H121N18O20PS. The van der Waals surface area contributed by atoms with Crippen LogP contribution in [-0.2, 0) is 82.6 Å². The van der Waals surface area contributed by atoms with Gasteiger partial charge in [-0.3, -0.25) is 71.6 Å². The molecule has 1 aromatic rings. The molecule has 0 radical (unpaired) electrons. The highest BCUT2D eigenvalue weighted by atomic mass is 32.2. The van der Waals surface area contributed by atoms with Crippen LogP contribution in [0.5, 0.6) is 0 Å². The summed E-state index contributed by atoms with van der Waals surface area (Å²) in [4.78, 5) is 225. The number of fused-ring (bicyclic) bond motifs is 1. The van der Waals surface area contributed by atoms with Crippen molar-refractivity contribution in [3.8, 4) is 0 Å². The summed E-state index contributed by atoms with van der Waals surface area (Å²) < 4.78 is 17.1. The number of urea groups is 1. The topological polar surface area (TPSA) is 593 Å². The van der Waals surface area contributed by atoms with Crippen LogP contribution in [0.15, 0.2) is 30.3 Å². The van der Waals surface area contributed by atoms with Crippen molar-refractivity contribution in [2.45, 2.75) is 242 Å².